The number of nitrogens with zero attached hydrogens (tertiary/aromatic N) is 3. The third-order valence-electron chi connectivity index (χ3n) is 6.02. The van der Waals surface area contributed by atoms with E-state index < -0.39 is 0 Å². The van der Waals surface area contributed by atoms with Crippen LogP contribution in [0.25, 0.3) is 11.4 Å². The van der Waals surface area contributed by atoms with E-state index in [2.05, 4.69) is 10.1 Å². The predicted molar refractivity (Wildman–Crippen MR) is 111 cm³/mol. The monoisotopic (exact) mass is 425 g/mol. The molecule has 5 nitrogen and oxygen atoms in total. The summed E-state index contributed by atoms with van der Waals surface area (Å²) in [5, 5.41) is 4.74. The molecule has 1 aliphatic heterocycles. The molecule has 3 atom stereocenters. The molecule has 154 valence electrons. The molecule has 2 heterocycles. The molecule has 1 amide bonds. The average Bonchev–Trinajstić information content (AvgIpc) is 3.39. The molecule has 30 heavy (non-hydrogen) atoms. The Hall–Kier alpha value is -2.73. The minimum atomic E-state index is -0.342. The van der Waals surface area contributed by atoms with E-state index in [-0.39, 0.29) is 29.5 Å². The van der Waals surface area contributed by atoms with Gasteiger partial charge in [-0.15, -0.1) is 0 Å². The van der Waals surface area contributed by atoms with Crippen LogP contribution in [-0.4, -0.2) is 34.0 Å². The zero-order valence-corrected chi connectivity index (χ0v) is 17.1. The number of carbonyl (C=O) groups is 1. The van der Waals surface area contributed by atoms with Crippen LogP contribution < -0.4 is 0 Å². The molecular weight excluding hydrogens is 405 g/mol. The Kier molecular flexibility index (Phi) is 5.03. The normalized spacial score (nSPS) is 23.4. The maximum atomic E-state index is 13.5. The second-order valence-electron chi connectivity index (χ2n) is 8.06. The fraction of sp³-hybridized carbons (Fsp3) is 0.348. The first-order valence-electron chi connectivity index (χ1n) is 10.2. The van der Waals surface area contributed by atoms with Crippen molar-refractivity contribution in [3.8, 4) is 11.4 Å². The van der Waals surface area contributed by atoms with Crippen molar-refractivity contribution >= 4 is 17.5 Å². The van der Waals surface area contributed by atoms with Gasteiger partial charge in [-0.3, -0.25) is 4.79 Å². The third kappa shape index (κ3) is 3.72. The standard InChI is InChI=1S/C23H21ClFN3O2/c24-20-9-2-1-8-17(20)18-12-19(18)23(29)28-10-4-6-15(13-28)22-26-21(27-30-22)14-5-3-7-16(25)11-14/h1-3,5,7-9,11,15,18-19H,4,6,10,12-13H2. The van der Waals surface area contributed by atoms with Crippen LogP contribution >= 0.6 is 11.6 Å². The van der Waals surface area contributed by atoms with Gasteiger partial charge in [-0.1, -0.05) is 47.1 Å². The summed E-state index contributed by atoms with van der Waals surface area (Å²) < 4.78 is 18.9. The Morgan fingerprint density at radius 3 is 2.90 bits per heavy atom. The Morgan fingerprint density at radius 2 is 2.07 bits per heavy atom. The summed E-state index contributed by atoms with van der Waals surface area (Å²) in [5.74, 6) is 0.901. The van der Waals surface area contributed by atoms with E-state index in [9.17, 15) is 9.18 Å². The molecule has 2 aromatic carbocycles. The Balaban J connectivity index is 1.27. The van der Waals surface area contributed by atoms with Gasteiger partial charge < -0.3 is 9.42 Å². The fourth-order valence-corrected chi connectivity index (χ4v) is 4.62. The van der Waals surface area contributed by atoms with E-state index in [1.54, 1.807) is 12.1 Å². The highest BCUT2D eigenvalue weighted by Gasteiger charge is 2.47. The van der Waals surface area contributed by atoms with Gasteiger partial charge in [0, 0.05) is 29.6 Å². The average molecular weight is 426 g/mol. The van der Waals surface area contributed by atoms with E-state index in [1.165, 1.54) is 12.1 Å². The van der Waals surface area contributed by atoms with Gasteiger partial charge in [-0.25, -0.2) is 4.39 Å². The Morgan fingerprint density at radius 1 is 1.20 bits per heavy atom. The van der Waals surface area contributed by atoms with E-state index >= 15 is 0 Å². The molecule has 3 aromatic rings. The van der Waals surface area contributed by atoms with Crippen molar-refractivity contribution in [2.75, 3.05) is 13.1 Å². The summed E-state index contributed by atoms with van der Waals surface area (Å²) in [5.41, 5.74) is 1.64. The molecule has 0 spiro atoms. The lowest BCUT2D eigenvalue weighted by molar-refractivity contribution is -0.134. The molecule has 0 N–H and O–H groups in total. The highest BCUT2D eigenvalue weighted by Crippen LogP contribution is 2.50. The van der Waals surface area contributed by atoms with Gasteiger partial charge in [-0.05, 0) is 48.9 Å². The third-order valence-corrected chi connectivity index (χ3v) is 6.36. The summed E-state index contributed by atoms with van der Waals surface area (Å²) in [7, 11) is 0. The number of rotatable bonds is 4. The summed E-state index contributed by atoms with van der Waals surface area (Å²) in [6.07, 6.45) is 2.61. The second-order valence-corrected chi connectivity index (χ2v) is 8.47. The summed E-state index contributed by atoms with van der Waals surface area (Å²) >= 11 is 6.30. The van der Waals surface area contributed by atoms with Gasteiger partial charge in [0.2, 0.25) is 17.6 Å². The summed E-state index contributed by atoms with van der Waals surface area (Å²) in [4.78, 5) is 19.5. The molecule has 0 radical (unpaired) electrons. The van der Waals surface area contributed by atoms with Crippen molar-refractivity contribution in [1.29, 1.82) is 0 Å². The largest absolute Gasteiger partial charge is 0.342 e. The molecule has 0 bridgehead atoms. The Bertz CT molecular complexity index is 1090. The van der Waals surface area contributed by atoms with E-state index in [0.29, 0.717) is 23.8 Å². The summed E-state index contributed by atoms with van der Waals surface area (Å²) in [6, 6.07) is 13.9. The molecule has 1 saturated heterocycles. The zero-order chi connectivity index (χ0) is 20.7. The van der Waals surface area contributed by atoms with Crippen LogP contribution in [0.4, 0.5) is 4.39 Å². The smallest absolute Gasteiger partial charge is 0.231 e. The van der Waals surface area contributed by atoms with Crippen LogP contribution in [-0.2, 0) is 4.79 Å². The van der Waals surface area contributed by atoms with Gasteiger partial charge in [0.15, 0.2) is 0 Å². The lowest BCUT2D eigenvalue weighted by Crippen LogP contribution is -2.40. The van der Waals surface area contributed by atoms with Gasteiger partial charge in [0.1, 0.15) is 5.82 Å². The number of likely N-dealkylation sites (tertiary alicyclic amines) is 1. The molecule has 1 aromatic heterocycles. The number of amides is 1. The number of carbonyl (C=O) groups excluding carboxylic acids is 1. The topological polar surface area (TPSA) is 59.2 Å². The van der Waals surface area contributed by atoms with Gasteiger partial charge >= 0.3 is 0 Å². The predicted octanol–water partition coefficient (Wildman–Crippen LogP) is 5.04. The van der Waals surface area contributed by atoms with Crippen LogP contribution in [0.15, 0.2) is 53.1 Å². The molecule has 3 unspecified atom stereocenters. The van der Waals surface area contributed by atoms with Crippen molar-refractivity contribution in [3.05, 3.63) is 70.8 Å². The molecule has 2 fully saturated rings. The molecule has 7 heteroatoms. The number of halogens is 2. The van der Waals surface area contributed by atoms with Crippen molar-refractivity contribution < 1.29 is 13.7 Å². The fourth-order valence-electron chi connectivity index (χ4n) is 4.35. The molecule has 5 rings (SSSR count). The van der Waals surface area contributed by atoms with Crippen molar-refractivity contribution in [3.63, 3.8) is 0 Å². The van der Waals surface area contributed by atoms with E-state index in [1.807, 2.05) is 29.2 Å². The van der Waals surface area contributed by atoms with Gasteiger partial charge in [0.25, 0.3) is 0 Å². The van der Waals surface area contributed by atoms with Crippen LogP contribution in [0.2, 0.25) is 5.02 Å². The number of piperidine rings is 1. The highest BCUT2D eigenvalue weighted by molar-refractivity contribution is 6.31. The quantitative estimate of drug-likeness (QED) is 0.587. The first kappa shape index (κ1) is 19.2. The van der Waals surface area contributed by atoms with Crippen molar-refractivity contribution in [2.45, 2.75) is 31.1 Å². The van der Waals surface area contributed by atoms with Gasteiger partial charge in [-0.2, -0.15) is 4.98 Å². The van der Waals surface area contributed by atoms with Gasteiger partial charge in [0.05, 0.1) is 5.92 Å². The Labute approximate surface area is 178 Å². The zero-order valence-electron chi connectivity index (χ0n) is 16.3. The SMILES string of the molecule is O=C(C1CC1c1ccccc1Cl)N1CCCC(c2nc(-c3cccc(F)c3)no2)C1. The van der Waals surface area contributed by atoms with Crippen LogP contribution in [0.1, 0.15) is 42.6 Å². The lowest BCUT2D eigenvalue weighted by atomic mass is 9.97. The van der Waals surface area contributed by atoms with Crippen LogP contribution in [0, 0.1) is 11.7 Å². The molecule has 1 aliphatic carbocycles. The van der Waals surface area contributed by atoms with E-state index in [0.717, 1.165) is 36.4 Å². The first-order valence-corrected chi connectivity index (χ1v) is 10.6. The number of aromatic nitrogens is 2. The maximum absolute atomic E-state index is 13.5. The maximum Gasteiger partial charge on any atom is 0.231 e. The number of hydrogen-bond donors (Lipinski definition) is 0. The molecule has 2 aliphatic rings. The minimum Gasteiger partial charge on any atom is -0.342 e. The second kappa shape index (κ2) is 7.84. The number of hydrogen-bond acceptors (Lipinski definition) is 4. The lowest BCUT2D eigenvalue weighted by Gasteiger charge is -2.31. The molecular formula is C23H21ClFN3O2. The van der Waals surface area contributed by atoms with Crippen molar-refractivity contribution in [2.24, 2.45) is 5.92 Å². The first-order chi connectivity index (χ1) is 14.6. The highest BCUT2D eigenvalue weighted by atomic mass is 35.5. The number of benzene rings is 2. The van der Waals surface area contributed by atoms with Crippen LogP contribution in [0.5, 0.6) is 0 Å². The molecule has 1 saturated carbocycles. The van der Waals surface area contributed by atoms with Crippen molar-refractivity contribution in [1.82, 2.24) is 15.0 Å². The van der Waals surface area contributed by atoms with E-state index in [4.69, 9.17) is 16.1 Å². The minimum absolute atomic E-state index is 0.00461. The van der Waals surface area contributed by atoms with Crippen LogP contribution in [0.3, 0.4) is 0 Å². The summed E-state index contributed by atoms with van der Waals surface area (Å²) in [6.45, 7) is 1.31.